The van der Waals surface area contributed by atoms with Crippen LogP contribution in [0.5, 0.6) is 0 Å². The summed E-state index contributed by atoms with van der Waals surface area (Å²) in [4.78, 5) is 0. The number of hydrogen-bond donors (Lipinski definition) is 0. The summed E-state index contributed by atoms with van der Waals surface area (Å²) in [5.74, 6) is 0.271. The maximum absolute atomic E-state index is 10.7. The van der Waals surface area contributed by atoms with Gasteiger partial charge in [0.2, 0.25) is 5.58 Å². The molecule has 2 aromatic carbocycles. The molecule has 0 spiro atoms. The monoisotopic (exact) mass is 357 g/mol. The molecule has 0 atom stereocenters. The van der Waals surface area contributed by atoms with Gasteiger partial charge in [-0.15, -0.1) is 0 Å². The Bertz CT molecular complexity index is 991. The van der Waals surface area contributed by atoms with E-state index in [2.05, 4.69) is 6.58 Å². The van der Waals surface area contributed by atoms with Crippen molar-refractivity contribution in [3.05, 3.63) is 61.0 Å². The molecule has 25 heavy (non-hydrogen) atoms. The lowest BCUT2D eigenvalue weighted by atomic mass is 10.1. The lowest BCUT2D eigenvalue weighted by Gasteiger charge is -2.04. The van der Waals surface area contributed by atoms with Crippen molar-refractivity contribution in [3.63, 3.8) is 0 Å². The van der Waals surface area contributed by atoms with Gasteiger partial charge < -0.3 is 8.97 Å². The zero-order valence-electron chi connectivity index (χ0n) is 13.7. The van der Waals surface area contributed by atoms with E-state index in [1.165, 1.54) is 0 Å². The Balaban J connectivity index is 1.91. The summed E-state index contributed by atoms with van der Waals surface area (Å²) in [5, 5.41) is 0. The van der Waals surface area contributed by atoms with Gasteiger partial charge in [-0.25, -0.2) is 8.42 Å². The third-order valence-corrected chi connectivity index (χ3v) is 4.83. The number of nitrogens with zero attached hydrogens (tertiary/aromatic N) is 1. The molecule has 3 rings (SSSR count). The first-order chi connectivity index (χ1) is 12.0. The number of aryl methyl sites for hydroxylation is 1. The Hall–Kier alpha value is -2.44. The molecule has 0 fully saturated rings. The molecule has 0 aliphatic heterocycles. The van der Waals surface area contributed by atoms with Crippen LogP contribution in [0.3, 0.4) is 0 Å². The first kappa shape index (κ1) is 17.4. The molecule has 0 N–H and O–H groups in total. The fraction of sp³-hybridized carbons (Fsp3) is 0.211. The smallest absolute Gasteiger partial charge is 0.373 e. The molecule has 0 bridgehead atoms. The Morgan fingerprint density at radius 1 is 1.08 bits per heavy atom. The van der Waals surface area contributed by atoms with Crippen molar-refractivity contribution in [1.82, 2.24) is 0 Å². The molecule has 130 valence electrons. The predicted octanol–water partition coefficient (Wildman–Crippen LogP) is 3.36. The molecular weight excluding hydrogens is 338 g/mol. The Morgan fingerprint density at radius 3 is 2.52 bits per heavy atom. The van der Waals surface area contributed by atoms with Crippen LogP contribution in [0.15, 0.2) is 59.5 Å². The zero-order chi connectivity index (χ0) is 17.9. The Labute approximate surface area is 147 Å². The first-order valence-corrected chi connectivity index (χ1v) is 9.63. The van der Waals surface area contributed by atoms with E-state index < -0.39 is 10.1 Å². The molecule has 6 heteroatoms. The first-order valence-electron chi connectivity index (χ1n) is 8.06. The second kappa shape index (κ2) is 7.21. The number of aromatic nitrogens is 1. The zero-order valence-corrected chi connectivity index (χ0v) is 14.5. The van der Waals surface area contributed by atoms with Gasteiger partial charge in [0.15, 0.2) is 6.54 Å². The summed E-state index contributed by atoms with van der Waals surface area (Å²) >= 11 is 0. The Kier molecular flexibility index (Phi) is 5.01. The van der Waals surface area contributed by atoms with Crippen molar-refractivity contribution < 1.29 is 22.0 Å². The topological polar surface area (TPSA) is 74.2 Å². The molecule has 0 aliphatic carbocycles. The summed E-state index contributed by atoms with van der Waals surface area (Å²) in [6.07, 6.45) is 2.52. The quantitative estimate of drug-likeness (QED) is 0.369. The minimum absolute atomic E-state index is 0.320. The van der Waals surface area contributed by atoms with Gasteiger partial charge >= 0.3 is 5.89 Å². The van der Waals surface area contributed by atoms with Crippen molar-refractivity contribution in [1.29, 1.82) is 0 Å². The fourth-order valence-electron chi connectivity index (χ4n) is 2.84. The van der Waals surface area contributed by atoms with Gasteiger partial charge in [-0.05, 0) is 23.6 Å². The maximum atomic E-state index is 10.7. The third-order valence-electron chi connectivity index (χ3n) is 4.04. The van der Waals surface area contributed by atoms with Crippen LogP contribution in [-0.2, 0) is 16.7 Å². The average molecular weight is 357 g/mol. The van der Waals surface area contributed by atoms with Crippen molar-refractivity contribution in [3.8, 4) is 11.1 Å². The lowest BCUT2D eigenvalue weighted by molar-refractivity contribution is -0.678. The number of fused-ring (bicyclic) bond motifs is 1. The molecule has 0 saturated heterocycles. The van der Waals surface area contributed by atoms with Gasteiger partial charge in [0.1, 0.15) is 0 Å². The van der Waals surface area contributed by atoms with E-state index in [1.54, 1.807) is 6.08 Å². The maximum Gasteiger partial charge on any atom is 0.373 e. The number of unbranched alkanes of at least 4 members (excludes halogenated alkanes) is 1. The van der Waals surface area contributed by atoms with Gasteiger partial charge in [0.25, 0.3) is 5.52 Å². The summed E-state index contributed by atoms with van der Waals surface area (Å²) in [6.45, 7) is 4.33. The second-order valence-electron chi connectivity index (χ2n) is 5.81. The molecule has 0 saturated carbocycles. The van der Waals surface area contributed by atoms with Crippen molar-refractivity contribution in [2.24, 2.45) is 0 Å². The van der Waals surface area contributed by atoms with Crippen LogP contribution >= 0.6 is 0 Å². The summed E-state index contributed by atoms with van der Waals surface area (Å²) in [7, 11) is -4.17. The van der Waals surface area contributed by atoms with Crippen molar-refractivity contribution in [2.45, 2.75) is 19.4 Å². The summed E-state index contributed by atoms with van der Waals surface area (Å²) in [5.41, 5.74) is 3.84. The minimum atomic E-state index is -4.17. The van der Waals surface area contributed by atoms with Gasteiger partial charge in [-0.1, -0.05) is 43.0 Å². The highest BCUT2D eigenvalue weighted by Crippen LogP contribution is 2.24. The molecule has 3 aromatic rings. The summed E-state index contributed by atoms with van der Waals surface area (Å²) in [6, 6.07) is 16.0. The molecule has 0 amide bonds. The third kappa shape index (κ3) is 4.15. The predicted molar refractivity (Wildman–Crippen MR) is 95.7 cm³/mol. The molecule has 1 heterocycles. The van der Waals surface area contributed by atoms with Crippen LogP contribution in [0.25, 0.3) is 28.3 Å². The number of hydrogen-bond acceptors (Lipinski definition) is 4. The van der Waals surface area contributed by atoms with E-state index >= 15 is 0 Å². The average Bonchev–Trinajstić information content (AvgIpc) is 2.95. The van der Waals surface area contributed by atoms with E-state index in [1.807, 2.05) is 53.1 Å². The minimum Gasteiger partial charge on any atom is -0.748 e. The van der Waals surface area contributed by atoms with Crippen LogP contribution in [0, 0.1) is 0 Å². The van der Waals surface area contributed by atoms with E-state index in [4.69, 9.17) is 4.42 Å². The molecule has 5 nitrogen and oxygen atoms in total. The van der Waals surface area contributed by atoms with Gasteiger partial charge in [-0.3, -0.25) is 0 Å². The molecular formula is C19H19NO4S. The largest absolute Gasteiger partial charge is 0.748 e. The molecule has 0 aliphatic rings. The molecule has 1 aromatic heterocycles. The number of oxazole rings is 1. The molecule has 0 radical (unpaired) electrons. The van der Waals surface area contributed by atoms with Crippen molar-refractivity contribution in [2.75, 3.05) is 5.75 Å². The van der Waals surface area contributed by atoms with Crippen LogP contribution in [0.2, 0.25) is 0 Å². The van der Waals surface area contributed by atoms with Crippen LogP contribution in [0.1, 0.15) is 18.7 Å². The summed E-state index contributed by atoms with van der Waals surface area (Å²) < 4.78 is 40.0. The van der Waals surface area contributed by atoms with Gasteiger partial charge in [0.05, 0.1) is 10.1 Å². The van der Waals surface area contributed by atoms with Gasteiger partial charge in [-0.2, -0.15) is 4.57 Å². The van der Waals surface area contributed by atoms with Crippen LogP contribution in [-0.4, -0.2) is 18.7 Å². The highest BCUT2D eigenvalue weighted by Gasteiger charge is 2.20. The second-order valence-corrected chi connectivity index (χ2v) is 7.34. The van der Waals surface area contributed by atoms with Crippen molar-refractivity contribution >= 4 is 27.3 Å². The molecule has 0 unspecified atom stereocenters. The van der Waals surface area contributed by atoms with E-state index in [-0.39, 0.29) is 5.75 Å². The van der Waals surface area contributed by atoms with E-state index in [0.717, 1.165) is 22.2 Å². The number of benzene rings is 2. The SMILES string of the molecule is C=Cc1oc2ccc(-c3ccccc3)cc2[n+]1CCCCS(=O)(=O)[O-]. The number of rotatable bonds is 7. The van der Waals surface area contributed by atoms with Crippen LogP contribution in [0.4, 0.5) is 0 Å². The fourth-order valence-corrected chi connectivity index (χ4v) is 3.40. The Morgan fingerprint density at radius 2 is 1.84 bits per heavy atom. The highest BCUT2D eigenvalue weighted by molar-refractivity contribution is 7.85. The normalized spacial score (nSPS) is 11.7. The van der Waals surface area contributed by atoms with E-state index in [9.17, 15) is 13.0 Å². The lowest BCUT2D eigenvalue weighted by Crippen LogP contribution is -2.35. The van der Waals surface area contributed by atoms with Crippen LogP contribution < -0.4 is 4.57 Å². The van der Waals surface area contributed by atoms with Gasteiger partial charge in [0, 0.05) is 24.3 Å². The van der Waals surface area contributed by atoms with E-state index in [0.29, 0.717) is 25.3 Å². The highest BCUT2D eigenvalue weighted by atomic mass is 32.2. The standard InChI is InChI=1S/C19H19NO4S/c1-2-19-20(12-6-7-13-25(21,22)23)17-14-16(10-11-18(17)24-19)15-8-4-3-5-9-15/h2-5,8-11,14H,1,6-7,12-13H2.